The van der Waals surface area contributed by atoms with Crippen LogP contribution < -0.4 is 16.4 Å². The number of thiophene rings is 1. The maximum Gasteiger partial charge on any atom is 0.322 e. The molecule has 0 unspecified atom stereocenters. The molecule has 1 aromatic heterocycles. The van der Waals surface area contributed by atoms with E-state index < -0.39 is 6.04 Å². The smallest absolute Gasteiger partial charge is 0.322 e. The summed E-state index contributed by atoms with van der Waals surface area (Å²) in [7, 11) is 2.18. The van der Waals surface area contributed by atoms with E-state index >= 15 is 0 Å². The number of nitrogens with two attached hydrogens (primary N) is 1. The topological polar surface area (TPSA) is 117 Å². The van der Waals surface area contributed by atoms with E-state index in [4.69, 9.17) is 17.3 Å². The number of rotatable bonds is 7. The summed E-state index contributed by atoms with van der Waals surface area (Å²) in [4.78, 5) is 51.4. The lowest BCUT2D eigenvalue weighted by Crippen LogP contribution is -2.59. The first-order valence-corrected chi connectivity index (χ1v) is 18.5. The number of likely N-dealkylation sites (tertiary alicyclic amines) is 2. The molecule has 4 N–H and O–H groups in total. The molecule has 0 saturated carbocycles. The number of carbonyl (C=O) groups is 3. The third kappa shape index (κ3) is 7.82. The second kappa shape index (κ2) is 15.0. The number of piperazine rings is 1. The lowest BCUT2D eigenvalue weighted by molar-refractivity contribution is -0.135. The number of carbonyl (C=O) groups excluding carboxylic acids is 3. The normalized spacial score (nSPS) is 21.3. The molecule has 11 nitrogen and oxygen atoms in total. The van der Waals surface area contributed by atoms with Gasteiger partial charge in [-0.2, -0.15) is 0 Å². The first kappa shape index (κ1) is 33.8. The number of benzene rings is 1. The highest BCUT2D eigenvalue weighted by molar-refractivity contribution is 7.08. The van der Waals surface area contributed by atoms with Gasteiger partial charge in [0.1, 0.15) is 6.04 Å². The van der Waals surface area contributed by atoms with Crippen molar-refractivity contribution in [2.45, 2.75) is 70.0 Å². The van der Waals surface area contributed by atoms with Crippen LogP contribution >= 0.6 is 22.9 Å². The van der Waals surface area contributed by atoms with Crippen molar-refractivity contribution in [3.63, 3.8) is 0 Å². The molecule has 5 amide bonds. The van der Waals surface area contributed by atoms with Gasteiger partial charge in [-0.3, -0.25) is 9.69 Å². The Morgan fingerprint density at radius 3 is 2.38 bits per heavy atom. The molecule has 0 spiro atoms. The number of aryl methyl sites for hydroxylation is 1. The Bertz CT molecular complexity index is 1430. The van der Waals surface area contributed by atoms with Gasteiger partial charge >= 0.3 is 12.1 Å². The second-order valence-corrected chi connectivity index (χ2v) is 14.7. The van der Waals surface area contributed by atoms with Crippen LogP contribution in [0.3, 0.4) is 0 Å². The molecule has 47 heavy (non-hydrogen) atoms. The molecule has 5 heterocycles. The third-order valence-electron chi connectivity index (χ3n) is 10.6. The van der Waals surface area contributed by atoms with Crippen molar-refractivity contribution in [2.75, 3.05) is 77.0 Å². The van der Waals surface area contributed by atoms with Gasteiger partial charge in [0, 0.05) is 69.7 Å². The average Bonchev–Trinajstić information content (AvgIpc) is 3.46. The van der Waals surface area contributed by atoms with E-state index in [0.717, 1.165) is 68.7 Å². The molecule has 1 atom stereocenters. The maximum atomic E-state index is 14.1. The summed E-state index contributed by atoms with van der Waals surface area (Å²) < 4.78 is 0. The minimum atomic E-state index is -0.727. The van der Waals surface area contributed by atoms with Crippen LogP contribution in [-0.4, -0.2) is 127 Å². The number of hydrogen-bond acceptors (Lipinski definition) is 7. The summed E-state index contributed by atoms with van der Waals surface area (Å²) in [6, 6.07) is 3.41. The average molecular weight is 685 g/mol. The number of urea groups is 2. The SMILES string of the molecule is CCc1cc(C[C@@H](NC(=O)N2CCC(N3CCc4cscc4NC3=O)CC2)C(=O)N2CCN(C3CCN(C)CC3)CC2)cc(Cl)c1N. The second-order valence-electron chi connectivity index (χ2n) is 13.5. The Hall–Kier alpha value is -3.06. The summed E-state index contributed by atoms with van der Waals surface area (Å²) in [6.07, 6.45) is 5.59. The number of halogens is 1. The zero-order valence-electron chi connectivity index (χ0n) is 27.7. The van der Waals surface area contributed by atoms with E-state index in [0.29, 0.717) is 68.7 Å². The van der Waals surface area contributed by atoms with Crippen LogP contribution in [0.2, 0.25) is 5.02 Å². The van der Waals surface area contributed by atoms with Crippen molar-refractivity contribution in [2.24, 2.45) is 0 Å². The molecule has 3 saturated heterocycles. The Kier molecular flexibility index (Phi) is 10.8. The summed E-state index contributed by atoms with van der Waals surface area (Å²) >= 11 is 8.10. The number of nitrogens with one attached hydrogen (secondary N) is 2. The van der Waals surface area contributed by atoms with Gasteiger partial charge in [-0.15, -0.1) is 11.3 Å². The highest BCUT2D eigenvalue weighted by Gasteiger charge is 2.35. The molecule has 1 aromatic carbocycles. The summed E-state index contributed by atoms with van der Waals surface area (Å²) in [5.41, 5.74) is 10.7. The Labute approximate surface area is 287 Å². The van der Waals surface area contributed by atoms with Crippen LogP contribution in [0.4, 0.5) is 21.0 Å². The highest BCUT2D eigenvalue weighted by atomic mass is 35.5. The standard InChI is InChI=1S/C34H49ClN8O3S/c1-3-24-18-23(19-28(35)31(24)36)20-29(32(44)41-16-14-40(15-17-41)26-5-9-39(2)10-6-26)37-33(45)42-11-7-27(8-12-42)43-13-4-25-21-47-22-30(25)38-34(43)46/h18-19,21-22,26-27,29H,3-17,20,36H2,1-2H3,(H,37,45)(H,38,46)/t29-/m1/s1. The van der Waals surface area contributed by atoms with Crippen LogP contribution in [0, 0.1) is 0 Å². The first-order valence-electron chi connectivity index (χ1n) is 17.2. The molecule has 3 fully saturated rings. The zero-order valence-corrected chi connectivity index (χ0v) is 29.3. The van der Waals surface area contributed by atoms with E-state index in [1.54, 1.807) is 16.2 Å². The predicted molar refractivity (Wildman–Crippen MR) is 188 cm³/mol. The number of hydrogen-bond donors (Lipinski definition) is 3. The molecular weight excluding hydrogens is 636 g/mol. The summed E-state index contributed by atoms with van der Waals surface area (Å²) in [5, 5.41) is 10.7. The Morgan fingerprint density at radius 1 is 0.979 bits per heavy atom. The van der Waals surface area contributed by atoms with Crippen molar-refractivity contribution >= 4 is 52.3 Å². The van der Waals surface area contributed by atoms with Crippen LogP contribution in [0.25, 0.3) is 0 Å². The van der Waals surface area contributed by atoms with Crippen LogP contribution in [-0.2, 0) is 24.1 Å². The predicted octanol–water partition coefficient (Wildman–Crippen LogP) is 3.96. The van der Waals surface area contributed by atoms with Gasteiger partial charge in [0.25, 0.3) is 0 Å². The van der Waals surface area contributed by atoms with Gasteiger partial charge in [-0.05, 0) is 86.8 Å². The fourth-order valence-corrected chi connectivity index (χ4v) is 8.68. The fraction of sp³-hybridized carbons (Fsp3) is 0.618. The molecule has 4 aliphatic heterocycles. The molecule has 0 aliphatic carbocycles. The lowest BCUT2D eigenvalue weighted by Gasteiger charge is -2.43. The molecule has 0 bridgehead atoms. The quantitative estimate of drug-likeness (QED) is 0.381. The van der Waals surface area contributed by atoms with Gasteiger partial charge in [-0.25, -0.2) is 9.59 Å². The minimum Gasteiger partial charge on any atom is -0.397 e. The van der Waals surface area contributed by atoms with E-state index in [2.05, 4.69) is 32.9 Å². The number of amides is 5. The lowest BCUT2D eigenvalue weighted by atomic mass is 9.99. The molecule has 2 aromatic rings. The number of nitrogens with zero attached hydrogens (tertiary/aromatic N) is 5. The Balaban J connectivity index is 1.09. The summed E-state index contributed by atoms with van der Waals surface area (Å²) in [6.45, 7) is 8.94. The van der Waals surface area contributed by atoms with Crippen molar-refractivity contribution in [3.05, 3.63) is 44.6 Å². The third-order valence-corrected chi connectivity index (χ3v) is 11.7. The molecule has 0 radical (unpaired) electrons. The molecule has 4 aliphatic rings. The number of anilines is 2. The van der Waals surface area contributed by atoms with Gasteiger partial charge in [0.2, 0.25) is 5.91 Å². The minimum absolute atomic E-state index is 0.0594. The molecular formula is C34H49ClN8O3S. The monoisotopic (exact) mass is 684 g/mol. The van der Waals surface area contributed by atoms with Gasteiger partial charge < -0.3 is 36.0 Å². The van der Waals surface area contributed by atoms with Crippen molar-refractivity contribution < 1.29 is 14.4 Å². The van der Waals surface area contributed by atoms with Crippen LogP contribution in [0.15, 0.2) is 22.9 Å². The highest BCUT2D eigenvalue weighted by Crippen LogP contribution is 2.29. The Morgan fingerprint density at radius 2 is 1.68 bits per heavy atom. The van der Waals surface area contributed by atoms with Crippen LogP contribution in [0.5, 0.6) is 0 Å². The number of piperidine rings is 2. The van der Waals surface area contributed by atoms with Crippen molar-refractivity contribution in [3.8, 4) is 0 Å². The first-order chi connectivity index (χ1) is 22.7. The van der Waals surface area contributed by atoms with Crippen molar-refractivity contribution in [1.29, 1.82) is 0 Å². The summed E-state index contributed by atoms with van der Waals surface area (Å²) in [5.74, 6) is -0.0594. The zero-order chi connectivity index (χ0) is 33.1. The van der Waals surface area contributed by atoms with E-state index in [-0.39, 0.29) is 24.0 Å². The fourth-order valence-electron chi connectivity index (χ4n) is 7.60. The van der Waals surface area contributed by atoms with E-state index in [9.17, 15) is 14.4 Å². The van der Waals surface area contributed by atoms with Gasteiger partial charge in [0.05, 0.1) is 16.4 Å². The molecule has 6 rings (SSSR count). The number of nitrogen functional groups attached to an aromatic ring is 1. The van der Waals surface area contributed by atoms with Gasteiger partial charge in [0.15, 0.2) is 0 Å². The number of fused-ring (bicyclic) bond motifs is 1. The van der Waals surface area contributed by atoms with Crippen LogP contribution in [0.1, 0.15) is 49.3 Å². The maximum absolute atomic E-state index is 14.1. The molecule has 256 valence electrons. The van der Waals surface area contributed by atoms with Crippen molar-refractivity contribution in [1.82, 2.24) is 29.8 Å². The van der Waals surface area contributed by atoms with E-state index in [1.807, 2.05) is 34.2 Å². The molecule has 13 heteroatoms. The van der Waals surface area contributed by atoms with Gasteiger partial charge in [-0.1, -0.05) is 24.6 Å². The van der Waals surface area contributed by atoms with E-state index in [1.165, 1.54) is 5.56 Å². The largest absolute Gasteiger partial charge is 0.397 e.